The van der Waals surface area contributed by atoms with Gasteiger partial charge in [-0.1, -0.05) is 35.9 Å². The molecule has 2 rings (SSSR count). The zero-order valence-electron chi connectivity index (χ0n) is 11.1. The van der Waals surface area contributed by atoms with Gasteiger partial charge in [-0.2, -0.15) is 5.26 Å². The molecule has 3 nitrogen and oxygen atoms in total. The van der Waals surface area contributed by atoms with Gasteiger partial charge in [0.15, 0.2) is 0 Å². The van der Waals surface area contributed by atoms with Crippen LogP contribution in [0.1, 0.15) is 16.7 Å². The highest BCUT2D eigenvalue weighted by molar-refractivity contribution is 6.32. The first kappa shape index (κ1) is 14.4. The first-order valence-corrected chi connectivity index (χ1v) is 6.82. The highest BCUT2D eigenvalue weighted by Crippen LogP contribution is 2.20. The third-order valence-corrected chi connectivity index (χ3v) is 3.35. The van der Waals surface area contributed by atoms with Crippen LogP contribution in [0.5, 0.6) is 0 Å². The number of benzene rings is 2. The van der Waals surface area contributed by atoms with E-state index in [2.05, 4.69) is 29.6 Å². The summed E-state index contributed by atoms with van der Waals surface area (Å²) < 4.78 is 0. The zero-order valence-corrected chi connectivity index (χ0v) is 11.8. The molecule has 0 aliphatic carbocycles. The number of nitriles is 1. The van der Waals surface area contributed by atoms with Gasteiger partial charge >= 0.3 is 0 Å². The van der Waals surface area contributed by atoms with E-state index in [0.717, 1.165) is 12.1 Å². The van der Waals surface area contributed by atoms with E-state index in [0.29, 0.717) is 23.7 Å². The normalized spacial score (nSPS) is 10.1. The van der Waals surface area contributed by atoms with E-state index in [1.165, 1.54) is 11.1 Å². The average molecular weight is 286 g/mol. The number of hydrogen-bond acceptors (Lipinski definition) is 3. The van der Waals surface area contributed by atoms with Crippen LogP contribution in [-0.4, -0.2) is 6.54 Å². The van der Waals surface area contributed by atoms with E-state index in [1.54, 1.807) is 12.1 Å². The predicted molar refractivity (Wildman–Crippen MR) is 82.7 cm³/mol. The van der Waals surface area contributed by atoms with Crippen molar-refractivity contribution < 1.29 is 0 Å². The minimum absolute atomic E-state index is 0.468. The van der Waals surface area contributed by atoms with Gasteiger partial charge in [-0.15, -0.1) is 0 Å². The Hall–Kier alpha value is -2.02. The highest BCUT2D eigenvalue weighted by Gasteiger charge is 2.01. The van der Waals surface area contributed by atoms with Gasteiger partial charge in [0.25, 0.3) is 0 Å². The van der Waals surface area contributed by atoms with Gasteiger partial charge in [-0.3, -0.25) is 0 Å². The molecule has 0 unspecified atom stereocenters. The number of rotatable bonds is 5. The van der Waals surface area contributed by atoms with Gasteiger partial charge in [-0.05, 0) is 42.3 Å². The van der Waals surface area contributed by atoms with Crippen molar-refractivity contribution in [2.75, 3.05) is 11.9 Å². The topological polar surface area (TPSA) is 61.8 Å². The Labute approximate surface area is 124 Å². The van der Waals surface area contributed by atoms with E-state index < -0.39 is 0 Å². The van der Waals surface area contributed by atoms with Crippen molar-refractivity contribution in [2.45, 2.75) is 13.0 Å². The number of nitrogens with one attached hydrogen (secondary N) is 1. The molecule has 3 N–H and O–H groups in total. The lowest BCUT2D eigenvalue weighted by atomic mass is 10.1. The molecule has 0 spiro atoms. The second-order valence-corrected chi connectivity index (χ2v) is 4.92. The second kappa shape index (κ2) is 6.95. The fourth-order valence-electron chi connectivity index (χ4n) is 1.91. The lowest BCUT2D eigenvalue weighted by Gasteiger charge is -2.08. The standard InChI is InChI=1S/C16H16ClN3/c17-16-9-15(6-5-14(16)10-19)20-11-13-3-1-12(2-4-13)7-8-18/h1-6,9,20H,7-8,11,18H2. The quantitative estimate of drug-likeness (QED) is 0.886. The highest BCUT2D eigenvalue weighted by atomic mass is 35.5. The molecule has 2 aromatic carbocycles. The molecule has 2 aromatic rings. The fourth-order valence-corrected chi connectivity index (χ4v) is 2.13. The van der Waals surface area contributed by atoms with E-state index in [-0.39, 0.29) is 0 Å². The third kappa shape index (κ3) is 3.74. The molecule has 0 aromatic heterocycles. The molecular formula is C16H16ClN3. The van der Waals surface area contributed by atoms with E-state index in [9.17, 15) is 0 Å². The lowest BCUT2D eigenvalue weighted by molar-refractivity contribution is 0.966. The predicted octanol–water partition coefficient (Wildman–Crippen LogP) is 3.32. The first-order valence-electron chi connectivity index (χ1n) is 6.44. The maximum atomic E-state index is 8.82. The number of hydrogen-bond donors (Lipinski definition) is 2. The molecular weight excluding hydrogens is 270 g/mol. The Balaban J connectivity index is 1.98. The second-order valence-electron chi connectivity index (χ2n) is 4.52. The molecule has 0 heterocycles. The SMILES string of the molecule is N#Cc1ccc(NCc2ccc(CCN)cc2)cc1Cl. The molecule has 0 atom stereocenters. The van der Waals surface area contributed by atoms with Crippen molar-refractivity contribution in [1.82, 2.24) is 0 Å². The van der Waals surface area contributed by atoms with Crippen LogP contribution < -0.4 is 11.1 Å². The molecule has 20 heavy (non-hydrogen) atoms. The van der Waals surface area contributed by atoms with Crippen molar-refractivity contribution in [3.05, 3.63) is 64.2 Å². The van der Waals surface area contributed by atoms with Gasteiger partial charge in [-0.25, -0.2) is 0 Å². The molecule has 102 valence electrons. The Morgan fingerprint density at radius 3 is 2.40 bits per heavy atom. The molecule has 0 saturated carbocycles. The van der Waals surface area contributed by atoms with Crippen LogP contribution in [-0.2, 0) is 13.0 Å². The number of halogens is 1. The third-order valence-electron chi connectivity index (χ3n) is 3.04. The smallest absolute Gasteiger partial charge is 0.101 e. The van der Waals surface area contributed by atoms with E-state index in [4.69, 9.17) is 22.6 Å². The maximum absolute atomic E-state index is 8.82. The average Bonchev–Trinajstić information content (AvgIpc) is 2.47. The molecule has 0 saturated heterocycles. The summed E-state index contributed by atoms with van der Waals surface area (Å²) in [7, 11) is 0. The van der Waals surface area contributed by atoms with Crippen molar-refractivity contribution in [3.63, 3.8) is 0 Å². The molecule has 0 bridgehead atoms. The zero-order chi connectivity index (χ0) is 14.4. The molecule has 0 aliphatic heterocycles. The van der Waals surface area contributed by atoms with Crippen LogP contribution in [0.4, 0.5) is 5.69 Å². The van der Waals surface area contributed by atoms with Gasteiger partial charge < -0.3 is 11.1 Å². The van der Waals surface area contributed by atoms with Crippen molar-refractivity contribution in [3.8, 4) is 6.07 Å². The first-order chi connectivity index (χ1) is 9.72. The van der Waals surface area contributed by atoms with Crippen molar-refractivity contribution >= 4 is 17.3 Å². The summed E-state index contributed by atoms with van der Waals surface area (Å²) in [4.78, 5) is 0. The Kier molecular flexibility index (Phi) is 5.00. The summed E-state index contributed by atoms with van der Waals surface area (Å²) in [6.45, 7) is 1.38. The largest absolute Gasteiger partial charge is 0.381 e. The van der Waals surface area contributed by atoms with Crippen molar-refractivity contribution in [1.29, 1.82) is 5.26 Å². The van der Waals surface area contributed by atoms with Crippen LogP contribution in [0.3, 0.4) is 0 Å². The van der Waals surface area contributed by atoms with E-state index >= 15 is 0 Å². The fraction of sp³-hybridized carbons (Fsp3) is 0.188. The summed E-state index contributed by atoms with van der Waals surface area (Å²) in [5.74, 6) is 0. The summed E-state index contributed by atoms with van der Waals surface area (Å²) in [5.41, 5.74) is 9.35. The Morgan fingerprint density at radius 1 is 1.10 bits per heavy atom. The summed E-state index contributed by atoms with van der Waals surface area (Å²) >= 11 is 5.99. The Bertz CT molecular complexity index is 615. The number of nitrogens with zero attached hydrogens (tertiary/aromatic N) is 1. The monoisotopic (exact) mass is 285 g/mol. The Morgan fingerprint density at radius 2 is 1.80 bits per heavy atom. The van der Waals surface area contributed by atoms with E-state index in [1.807, 2.05) is 12.1 Å². The summed E-state index contributed by atoms with van der Waals surface area (Å²) in [5, 5.41) is 12.6. The summed E-state index contributed by atoms with van der Waals surface area (Å²) in [6.07, 6.45) is 0.902. The number of anilines is 1. The van der Waals surface area contributed by atoms with Gasteiger partial charge in [0.05, 0.1) is 10.6 Å². The maximum Gasteiger partial charge on any atom is 0.101 e. The lowest BCUT2D eigenvalue weighted by Crippen LogP contribution is -2.03. The minimum atomic E-state index is 0.468. The molecule has 0 aliphatic rings. The van der Waals surface area contributed by atoms with Gasteiger partial charge in [0.2, 0.25) is 0 Å². The molecule has 0 radical (unpaired) electrons. The molecule has 0 amide bonds. The van der Waals surface area contributed by atoms with Crippen molar-refractivity contribution in [2.24, 2.45) is 5.73 Å². The molecule has 4 heteroatoms. The van der Waals surface area contributed by atoms with Crippen LogP contribution in [0.25, 0.3) is 0 Å². The van der Waals surface area contributed by atoms with Gasteiger partial charge in [0, 0.05) is 12.2 Å². The minimum Gasteiger partial charge on any atom is -0.381 e. The molecule has 0 fully saturated rings. The van der Waals surface area contributed by atoms with Crippen LogP contribution in [0.15, 0.2) is 42.5 Å². The van der Waals surface area contributed by atoms with Crippen LogP contribution in [0.2, 0.25) is 5.02 Å². The van der Waals surface area contributed by atoms with Crippen LogP contribution >= 0.6 is 11.6 Å². The van der Waals surface area contributed by atoms with Crippen LogP contribution in [0, 0.1) is 11.3 Å². The van der Waals surface area contributed by atoms with Gasteiger partial charge in [0.1, 0.15) is 6.07 Å². The summed E-state index contributed by atoms with van der Waals surface area (Å²) in [6, 6.07) is 15.7. The number of nitrogens with two attached hydrogens (primary N) is 1.